The lowest BCUT2D eigenvalue weighted by molar-refractivity contribution is 0.0516. The molecule has 0 radical (unpaired) electrons. The summed E-state index contributed by atoms with van der Waals surface area (Å²) in [6, 6.07) is 23.1. The van der Waals surface area contributed by atoms with Crippen LogP contribution >= 0.6 is 0 Å². The van der Waals surface area contributed by atoms with Crippen LogP contribution in [-0.4, -0.2) is 44.8 Å². The summed E-state index contributed by atoms with van der Waals surface area (Å²) in [5, 5.41) is 0. The Hall–Kier alpha value is -4.91. The van der Waals surface area contributed by atoms with E-state index in [2.05, 4.69) is 12.1 Å². The van der Waals surface area contributed by atoms with Gasteiger partial charge in [0.25, 0.3) is 0 Å². The Bertz CT molecular complexity index is 1770. The van der Waals surface area contributed by atoms with E-state index in [0.29, 0.717) is 23.3 Å². The lowest BCUT2D eigenvalue weighted by Gasteiger charge is -2.41. The van der Waals surface area contributed by atoms with E-state index >= 15 is 0 Å². The summed E-state index contributed by atoms with van der Waals surface area (Å²) in [6.07, 6.45) is 1.70. The van der Waals surface area contributed by atoms with Crippen molar-refractivity contribution in [1.29, 1.82) is 0 Å². The molecule has 4 aromatic rings. The molecule has 2 atom stereocenters. The van der Waals surface area contributed by atoms with Crippen LogP contribution in [0.1, 0.15) is 92.4 Å². The zero-order valence-corrected chi connectivity index (χ0v) is 26.0. The molecule has 6 rings (SSSR count). The third-order valence-electron chi connectivity index (χ3n) is 8.77. The molecule has 0 aliphatic heterocycles. The number of carbonyl (C=O) groups is 3. The Balaban J connectivity index is 1.61. The van der Waals surface area contributed by atoms with Crippen LogP contribution in [0, 0.1) is 0 Å². The highest BCUT2D eigenvalue weighted by atomic mass is 16.5. The van der Waals surface area contributed by atoms with Gasteiger partial charge in [-0.05, 0) is 133 Å². The van der Waals surface area contributed by atoms with E-state index in [9.17, 15) is 14.4 Å². The van der Waals surface area contributed by atoms with Gasteiger partial charge in [-0.3, -0.25) is 0 Å². The maximum absolute atomic E-state index is 13.2. The number of aryl methyl sites for hydroxylation is 1. The Morgan fingerprint density at radius 1 is 0.644 bits per heavy atom. The highest BCUT2D eigenvalue weighted by Gasteiger charge is 2.40. The normalized spacial score (nSPS) is 15.9. The summed E-state index contributed by atoms with van der Waals surface area (Å²) in [6.45, 7) is 6.20. The van der Waals surface area contributed by atoms with Gasteiger partial charge < -0.3 is 18.9 Å². The number of rotatable bonds is 8. The van der Waals surface area contributed by atoms with E-state index in [-0.39, 0.29) is 37.0 Å². The van der Waals surface area contributed by atoms with Crippen molar-refractivity contribution in [3.05, 3.63) is 112 Å². The van der Waals surface area contributed by atoms with Crippen molar-refractivity contribution in [3.63, 3.8) is 0 Å². The second-order valence-electron chi connectivity index (χ2n) is 11.2. The van der Waals surface area contributed by atoms with Crippen LogP contribution in [0.15, 0.2) is 72.8 Å². The topological polar surface area (TPSA) is 88.1 Å². The molecule has 0 fully saturated rings. The van der Waals surface area contributed by atoms with E-state index in [4.69, 9.17) is 18.9 Å². The van der Waals surface area contributed by atoms with Crippen molar-refractivity contribution in [2.24, 2.45) is 0 Å². The minimum atomic E-state index is -0.405. The van der Waals surface area contributed by atoms with Crippen molar-refractivity contribution in [2.45, 2.75) is 45.4 Å². The largest absolute Gasteiger partial charge is 0.497 e. The summed E-state index contributed by atoms with van der Waals surface area (Å²) >= 11 is 0. The van der Waals surface area contributed by atoms with Crippen LogP contribution in [-0.2, 0) is 20.6 Å². The van der Waals surface area contributed by atoms with Crippen molar-refractivity contribution in [1.82, 2.24) is 0 Å². The molecule has 0 spiro atoms. The van der Waals surface area contributed by atoms with Gasteiger partial charge in [-0.2, -0.15) is 0 Å². The molecule has 230 valence electrons. The van der Waals surface area contributed by atoms with E-state index in [1.165, 1.54) is 11.1 Å². The summed E-state index contributed by atoms with van der Waals surface area (Å²) in [5.41, 5.74) is 9.67. The van der Waals surface area contributed by atoms with Crippen LogP contribution in [0.5, 0.6) is 5.75 Å². The molecular formula is C38H36O7. The lowest BCUT2D eigenvalue weighted by Crippen LogP contribution is -2.26. The molecule has 0 saturated heterocycles. The Morgan fingerprint density at radius 3 is 1.93 bits per heavy atom. The lowest BCUT2D eigenvalue weighted by atomic mass is 9.62. The van der Waals surface area contributed by atoms with Gasteiger partial charge in [-0.15, -0.1) is 0 Å². The van der Waals surface area contributed by atoms with Gasteiger partial charge in [0.1, 0.15) is 5.75 Å². The molecule has 2 aliphatic carbocycles. The molecule has 0 aromatic heterocycles. The van der Waals surface area contributed by atoms with Gasteiger partial charge in [-0.25, -0.2) is 14.4 Å². The van der Waals surface area contributed by atoms with Gasteiger partial charge in [0, 0.05) is 5.92 Å². The van der Waals surface area contributed by atoms with Crippen LogP contribution < -0.4 is 4.74 Å². The minimum absolute atomic E-state index is 0.0393. The molecule has 7 nitrogen and oxygen atoms in total. The summed E-state index contributed by atoms with van der Waals surface area (Å²) in [7, 11) is 1.67. The maximum atomic E-state index is 13.2. The summed E-state index contributed by atoms with van der Waals surface area (Å²) < 4.78 is 21.6. The first-order valence-corrected chi connectivity index (χ1v) is 15.5. The van der Waals surface area contributed by atoms with Crippen LogP contribution in [0.4, 0.5) is 0 Å². The Kier molecular flexibility index (Phi) is 8.44. The Morgan fingerprint density at radius 2 is 1.27 bits per heavy atom. The first kappa shape index (κ1) is 30.1. The summed E-state index contributed by atoms with van der Waals surface area (Å²) in [5.74, 6) is -0.319. The maximum Gasteiger partial charge on any atom is 0.338 e. The summed E-state index contributed by atoms with van der Waals surface area (Å²) in [4.78, 5) is 38.5. The molecule has 0 saturated carbocycles. The molecule has 2 aliphatic rings. The number of hydrogen-bond donors (Lipinski definition) is 0. The molecule has 2 unspecified atom stereocenters. The molecule has 7 heteroatoms. The fourth-order valence-electron chi connectivity index (χ4n) is 6.87. The third kappa shape index (κ3) is 5.48. The predicted octanol–water partition coefficient (Wildman–Crippen LogP) is 7.73. The standard InChI is InChI=1S/C38H36O7/c1-5-43-36(39)23-10-8-22(9-11-23)31-20-26(38(41)45-7-3)21-33-29-15-13-25(37(40)44-6-2)19-32(29)34-28-17-14-27(42-4)18-24(28)12-16-30(34)35(31)33/h8-11,13-15,17-21,30,34H,5-7,12,16H2,1-4H3. The molecular weight excluding hydrogens is 568 g/mol. The van der Waals surface area contributed by atoms with E-state index < -0.39 is 5.97 Å². The van der Waals surface area contributed by atoms with Crippen LogP contribution in [0.3, 0.4) is 0 Å². The van der Waals surface area contributed by atoms with E-state index in [1.54, 1.807) is 46.1 Å². The van der Waals surface area contributed by atoms with Crippen LogP contribution in [0.25, 0.3) is 22.3 Å². The number of esters is 3. The molecule has 0 N–H and O–H groups in total. The monoisotopic (exact) mass is 604 g/mol. The van der Waals surface area contributed by atoms with E-state index in [0.717, 1.165) is 52.0 Å². The molecule has 0 heterocycles. The average Bonchev–Trinajstić information content (AvgIpc) is 3.07. The smallest absolute Gasteiger partial charge is 0.338 e. The molecule has 0 bridgehead atoms. The van der Waals surface area contributed by atoms with Crippen molar-refractivity contribution >= 4 is 17.9 Å². The van der Waals surface area contributed by atoms with Crippen molar-refractivity contribution in [2.75, 3.05) is 26.9 Å². The quantitative estimate of drug-likeness (QED) is 0.150. The number of fused-ring (bicyclic) bond motifs is 8. The van der Waals surface area contributed by atoms with Gasteiger partial charge in [0.05, 0.1) is 43.6 Å². The highest BCUT2D eigenvalue weighted by molar-refractivity contribution is 5.98. The number of carbonyl (C=O) groups excluding carboxylic acids is 3. The Labute approximate surface area is 263 Å². The fraction of sp³-hybridized carbons (Fsp3) is 0.289. The number of hydrogen-bond acceptors (Lipinski definition) is 7. The van der Waals surface area contributed by atoms with Crippen molar-refractivity contribution in [3.8, 4) is 28.0 Å². The number of ether oxygens (including phenoxy) is 4. The molecule has 4 aromatic carbocycles. The zero-order valence-electron chi connectivity index (χ0n) is 26.0. The molecule has 0 amide bonds. The first-order chi connectivity index (χ1) is 21.9. The number of benzene rings is 4. The van der Waals surface area contributed by atoms with Gasteiger partial charge in [0.15, 0.2) is 0 Å². The zero-order chi connectivity index (χ0) is 31.7. The SMILES string of the molecule is CCOC(=O)c1ccc(-c2cc(C(=O)OCC)cc3c2C2CCc4cc(OC)ccc4C2c2cc(C(=O)OCC)ccc2-3)cc1. The number of methoxy groups -OCH3 is 1. The highest BCUT2D eigenvalue weighted by Crippen LogP contribution is 2.57. The fourth-order valence-corrected chi connectivity index (χ4v) is 6.87. The second-order valence-corrected chi connectivity index (χ2v) is 11.2. The second kappa shape index (κ2) is 12.6. The average molecular weight is 605 g/mol. The van der Waals surface area contributed by atoms with Gasteiger partial charge >= 0.3 is 17.9 Å². The predicted molar refractivity (Wildman–Crippen MR) is 171 cm³/mol. The third-order valence-corrected chi connectivity index (χ3v) is 8.77. The minimum Gasteiger partial charge on any atom is -0.497 e. The van der Waals surface area contributed by atoms with Gasteiger partial charge in [-0.1, -0.05) is 24.3 Å². The van der Waals surface area contributed by atoms with Crippen molar-refractivity contribution < 1.29 is 33.3 Å². The molecule has 45 heavy (non-hydrogen) atoms. The van der Waals surface area contributed by atoms with E-state index in [1.807, 2.05) is 42.5 Å². The first-order valence-electron chi connectivity index (χ1n) is 15.5. The van der Waals surface area contributed by atoms with Gasteiger partial charge in [0.2, 0.25) is 0 Å². The van der Waals surface area contributed by atoms with Crippen LogP contribution in [0.2, 0.25) is 0 Å².